The van der Waals surface area contributed by atoms with E-state index in [1.165, 1.54) is 4.68 Å². The average Bonchev–Trinajstić information content (AvgIpc) is 2.99. The Hall–Kier alpha value is -1.40. The van der Waals surface area contributed by atoms with Crippen LogP contribution in [0.1, 0.15) is 25.8 Å². The van der Waals surface area contributed by atoms with E-state index in [4.69, 9.17) is 4.74 Å². The van der Waals surface area contributed by atoms with E-state index >= 15 is 0 Å². The van der Waals surface area contributed by atoms with Crippen LogP contribution in [0.3, 0.4) is 0 Å². The summed E-state index contributed by atoms with van der Waals surface area (Å²) in [5, 5.41) is 6.49. The molecule has 2 aromatic rings. The fourth-order valence-corrected chi connectivity index (χ4v) is 2.80. The largest absolute Gasteiger partial charge is 0.380 e. The van der Waals surface area contributed by atoms with Gasteiger partial charge in [-0.15, -0.1) is 16.4 Å². The lowest BCUT2D eigenvalue weighted by Crippen LogP contribution is -2.26. The van der Waals surface area contributed by atoms with Crippen molar-refractivity contribution in [3.05, 3.63) is 28.0 Å². The summed E-state index contributed by atoms with van der Waals surface area (Å²) in [6, 6.07) is 4.34. The first-order valence-electron chi connectivity index (χ1n) is 6.62. The van der Waals surface area contributed by atoms with Gasteiger partial charge in [-0.2, -0.15) is 0 Å². The predicted octanol–water partition coefficient (Wildman–Crippen LogP) is 2.14. The highest BCUT2D eigenvalue weighted by molar-refractivity contribution is 7.13. The fourth-order valence-electron chi connectivity index (χ4n) is 2.10. The minimum atomic E-state index is -0.00870. The molecule has 102 valence electrons. The van der Waals surface area contributed by atoms with Crippen LogP contribution in [0.15, 0.2) is 22.3 Å². The van der Waals surface area contributed by atoms with Crippen LogP contribution >= 0.6 is 11.3 Å². The van der Waals surface area contributed by atoms with Gasteiger partial charge in [-0.05, 0) is 31.2 Å². The van der Waals surface area contributed by atoms with E-state index in [1.54, 1.807) is 11.3 Å². The molecule has 0 atom stereocenters. The van der Waals surface area contributed by atoms with Crippen molar-refractivity contribution < 1.29 is 4.74 Å². The molecule has 0 bridgehead atoms. The maximum absolute atomic E-state index is 12.4. The molecule has 1 fully saturated rings. The molecule has 1 aliphatic rings. The van der Waals surface area contributed by atoms with Crippen LogP contribution in [0.4, 0.5) is 0 Å². The van der Waals surface area contributed by atoms with Crippen LogP contribution in [-0.2, 0) is 11.3 Å². The zero-order valence-corrected chi connectivity index (χ0v) is 11.7. The Kier molecular flexibility index (Phi) is 3.52. The van der Waals surface area contributed by atoms with E-state index in [-0.39, 0.29) is 5.69 Å². The highest BCUT2D eigenvalue weighted by atomic mass is 32.1. The molecule has 2 aromatic heterocycles. The molecule has 0 aliphatic heterocycles. The van der Waals surface area contributed by atoms with Crippen molar-refractivity contribution >= 4 is 11.3 Å². The van der Waals surface area contributed by atoms with Crippen molar-refractivity contribution in [1.82, 2.24) is 14.3 Å². The minimum Gasteiger partial charge on any atom is -0.380 e. The molecule has 1 saturated carbocycles. The van der Waals surface area contributed by atoms with E-state index < -0.39 is 0 Å². The molecule has 0 radical (unpaired) electrons. The molecule has 3 rings (SSSR count). The Morgan fingerprint density at radius 2 is 2.37 bits per heavy atom. The number of nitrogens with zero attached hydrogens (tertiary/aromatic N) is 3. The molecule has 0 unspecified atom stereocenters. The van der Waals surface area contributed by atoms with Gasteiger partial charge in [0, 0.05) is 12.6 Å². The van der Waals surface area contributed by atoms with E-state index in [0.29, 0.717) is 25.8 Å². The Balaban J connectivity index is 1.94. The predicted molar refractivity (Wildman–Crippen MR) is 74.6 cm³/mol. The van der Waals surface area contributed by atoms with Crippen LogP contribution in [0.5, 0.6) is 0 Å². The second-order valence-electron chi connectivity index (χ2n) is 4.60. The molecule has 2 heterocycles. The van der Waals surface area contributed by atoms with Gasteiger partial charge in [-0.3, -0.25) is 4.57 Å². The lowest BCUT2D eigenvalue weighted by Gasteiger charge is -2.00. The third-order valence-corrected chi connectivity index (χ3v) is 4.04. The second-order valence-corrected chi connectivity index (χ2v) is 5.55. The standard InChI is InChI=1S/C13H17N3O2S/c1-2-18-8-7-15-13(17)16(10-5-6-10)12(14-15)11-4-3-9-19-11/h3-4,9-10H,2,5-8H2,1H3. The molecule has 0 aromatic carbocycles. The first kappa shape index (κ1) is 12.6. The average molecular weight is 279 g/mol. The van der Waals surface area contributed by atoms with Crippen molar-refractivity contribution in [3.8, 4) is 10.7 Å². The van der Waals surface area contributed by atoms with Crippen LogP contribution in [0.25, 0.3) is 10.7 Å². The smallest absolute Gasteiger partial charge is 0.346 e. The monoisotopic (exact) mass is 279 g/mol. The summed E-state index contributed by atoms with van der Waals surface area (Å²) in [6.07, 6.45) is 2.16. The van der Waals surface area contributed by atoms with Gasteiger partial charge in [0.25, 0.3) is 0 Å². The molecule has 0 N–H and O–H groups in total. The first-order chi connectivity index (χ1) is 9.31. The van der Waals surface area contributed by atoms with Gasteiger partial charge in [0.05, 0.1) is 18.0 Å². The molecular formula is C13H17N3O2S. The van der Waals surface area contributed by atoms with E-state index in [9.17, 15) is 4.79 Å². The molecule has 1 aliphatic carbocycles. The minimum absolute atomic E-state index is 0.00870. The molecule has 19 heavy (non-hydrogen) atoms. The van der Waals surface area contributed by atoms with Crippen molar-refractivity contribution in [1.29, 1.82) is 0 Å². The van der Waals surface area contributed by atoms with Crippen molar-refractivity contribution in [2.45, 2.75) is 32.4 Å². The molecule has 0 amide bonds. The van der Waals surface area contributed by atoms with Gasteiger partial charge >= 0.3 is 5.69 Å². The molecular weight excluding hydrogens is 262 g/mol. The zero-order chi connectivity index (χ0) is 13.2. The molecule has 0 spiro atoms. The van der Waals surface area contributed by atoms with Crippen LogP contribution in [0.2, 0.25) is 0 Å². The number of hydrogen-bond acceptors (Lipinski definition) is 4. The van der Waals surface area contributed by atoms with Gasteiger partial charge in [0.1, 0.15) is 0 Å². The zero-order valence-electron chi connectivity index (χ0n) is 10.9. The fraction of sp³-hybridized carbons (Fsp3) is 0.538. The maximum atomic E-state index is 12.4. The van der Waals surface area contributed by atoms with Crippen molar-refractivity contribution in [2.24, 2.45) is 0 Å². The summed E-state index contributed by atoms with van der Waals surface area (Å²) in [7, 11) is 0. The molecule has 6 heteroatoms. The summed E-state index contributed by atoms with van der Waals surface area (Å²) < 4.78 is 8.68. The Morgan fingerprint density at radius 1 is 1.53 bits per heavy atom. The summed E-state index contributed by atoms with van der Waals surface area (Å²) in [5.74, 6) is 0.805. The molecule has 0 saturated heterocycles. The lowest BCUT2D eigenvalue weighted by atomic mass is 10.4. The number of hydrogen-bond donors (Lipinski definition) is 0. The number of thiophene rings is 1. The second kappa shape index (κ2) is 5.30. The van der Waals surface area contributed by atoms with Gasteiger partial charge in [0.15, 0.2) is 5.82 Å². The highest BCUT2D eigenvalue weighted by Gasteiger charge is 2.30. The number of rotatable bonds is 6. The van der Waals surface area contributed by atoms with Gasteiger partial charge in [0.2, 0.25) is 0 Å². The Labute approximate surface area is 115 Å². The highest BCUT2D eigenvalue weighted by Crippen LogP contribution is 2.37. The summed E-state index contributed by atoms with van der Waals surface area (Å²) in [5.41, 5.74) is -0.00870. The third-order valence-electron chi connectivity index (χ3n) is 3.18. The number of ether oxygens (including phenoxy) is 1. The van der Waals surface area contributed by atoms with Crippen LogP contribution in [0, 0.1) is 0 Å². The van der Waals surface area contributed by atoms with Gasteiger partial charge in [-0.25, -0.2) is 9.48 Å². The van der Waals surface area contributed by atoms with Crippen LogP contribution in [-0.4, -0.2) is 27.6 Å². The van der Waals surface area contributed by atoms with E-state index in [0.717, 1.165) is 23.5 Å². The first-order valence-corrected chi connectivity index (χ1v) is 7.50. The topological polar surface area (TPSA) is 49.0 Å². The van der Waals surface area contributed by atoms with Crippen LogP contribution < -0.4 is 5.69 Å². The molecule has 5 nitrogen and oxygen atoms in total. The third kappa shape index (κ3) is 2.50. The van der Waals surface area contributed by atoms with E-state index in [1.807, 2.05) is 29.0 Å². The van der Waals surface area contributed by atoms with Gasteiger partial charge in [-0.1, -0.05) is 6.07 Å². The van der Waals surface area contributed by atoms with Gasteiger partial charge < -0.3 is 4.74 Å². The van der Waals surface area contributed by atoms with E-state index in [2.05, 4.69) is 5.10 Å². The summed E-state index contributed by atoms with van der Waals surface area (Å²) in [4.78, 5) is 13.4. The lowest BCUT2D eigenvalue weighted by molar-refractivity contribution is 0.135. The Morgan fingerprint density at radius 3 is 3.00 bits per heavy atom. The van der Waals surface area contributed by atoms with Crippen molar-refractivity contribution in [3.63, 3.8) is 0 Å². The summed E-state index contributed by atoms with van der Waals surface area (Å²) in [6.45, 7) is 3.66. The number of aromatic nitrogens is 3. The quantitative estimate of drug-likeness (QED) is 0.761. The summed E-state index contributed by atoms with van der Waals surface area (Å²) >= 11 is 1.62. The Bertz CT molecular complexity index is 596. The maximum Gasteiger partial charge on any atom is 0.346 e. The normalized spacial score (nSPS) is 15.0. The van der Waals surface area contributed by atoms with Crippen molar-refractivity contribution in [2.75, 3.05) is 13.2 Å². The SMILES string of the molecule is CCOCCn1nc(-c2cccs2)n(C2CC2)c1=O.